The molecule has 1 unspecified atom stereocenters. The lowest BCUT2D eigenvalue weighted by Gasteiger charge is -2.32. The lowest BCUT2D eigenvalue weighted by atomic mass is 10.1. The second kappa shape index (κ2) is 4.89. The van der Waals surface area contributed by atoms with Gasteiger partial charge in [-0.25, -0.2) is 4.21 Å². The van der Waals surface area contributed by atoms with Crippen molar-refractivity contribution in [3.8, 4) is 0 Å². The van der Waals surface area contributed by atoms with Crippen LogP contribution in [0.3, 0.4) is 0 Å². The lowest BCUT2D eigenvalue weighted by molar-refractivity contribution is 0.0825. The van der Waals surface area contributed by atoms with Gasteiger partial charge in [-0.1, -0.05) is 20.8 Å². The number of carbonyl (C=O) groups is 1. The van der Waals surface area contributed by atoms with Crippen LogP contribution in [0.2, 0.25) is 18.1 Å². The fraction of sp³-hybridized carbons (Fsp3) is 0.643. The van der Waals surface area contributed by atoms with Crippen molar-refractivity contribution in [1.29, 1.82) is 0 Å². The molecule has 0 radical (unpaired) electrons. The third-order valence-corrected chi connectivity index (χ3v) is 14.1. The Morgan fingerprint density at radius 1 is 1.27 bits per heavy atom. The van der Waals surface area contributed by atoms with Crippen molar-refractivity contribution < 1.29 is 14.1 Å². The summed E-state index contributed by atoms with van der Waals surface area (Å²) in [7, 11) is -5.15. The van der Waals surface area contributed by atoms with E-state index in [0.29, 0.717) is 14.6 Å². The molecule has 2 rings (SSSR count). The molecule has 0 fully saturated rings. The van der Waals surface area contributed by atoms with Gasteiger partial charge in [0.15, 0.2) is 18.2 Å². The van der Waals surface area contributed by atoms with E-state index in [1.54, 1.807) is 19.9 Å². The first-order valence-electron chi connectivity index (χ1n) is 7.14. The third-order valence-electron chi connectivity index (χ3n) is 4.22. The first-order valence-corrected chi connectivity index (χ1v) is 12.4. The average Bonchev–Trinajstić information content (AvgIpc) is 2.77. The van der Waals surface area contributed by atoms with E-state index in [-0.39, 0.29) is 10.9 Å². The number of carbonyl (C=O) groups excluding carboxylic acids is 1. The molecule has 1 aromatic heterocycles. The van der Waals surface area contributed by atoms with Crippen LogP contribution in [0.15, 0.2) is 14.3 Å². The van der Waals surface area contributed by atoms with Crippen LogP contribution in [0, 0.1) is 0 Å². The molecule has 0 aliphatic carbocycles. The van der Waals surface area contributed by atoms with Crippen LogP contribution in [0.25, 0.3) is 0 Å². The summed E-state index contributed by atoms with van der Waals surface area (Å²) in [5, 5.41) is 10.1. The molecule has 5 nitrogen and oxygen atoms in total. The number of rotatable bonds is 2. The smallest absolute Gasteiger partial charge is 0.266 e. The highest BCUT2D eigenvalue weighted by Gasteiger charge is 2.42. The van der Waals surface area contributed by atoms with Gasteiger partial charge in [0.25, 0.3) is 5.91 Å². The molecule has 2 N–H and O–H groups in total. The van der Waals surface area contributed by atoms with E-state index in [2.05, 4.69) is 29.5 Å². The quantitative estimate of drug-likeness (QED) is 0.793. The van der Waals surface area contributed by atoms with Gasteiger partial charge in [0, 0.05) is 4.88 Å². The molecule has 0 bridgehead atoms. The first kappa shape index (κ1) is 17.6. The maximum atomic E-state index is 13.3. The Balaban J connectivity index is 2.65. The maximum Gasteiger partial charge on any atom is 0.266 e. The summed E-state index contributed by atoms with van der Waals surface area (Å²) < 4.78 is 21.0. The van der Waals surface area contributed by atoms with Gasteiger partial charge in [-0.15, -0.1) is 11.3 Å². The molecule has 0 saturated carbocycles. The lowest BCUT2D eigenvalue weighted by Crippen LogP contribution is -2.38. The largest absolute Gasteiger partial charge is 0.385 e. The summed E-state index contributed by atoms with van der Waals surface area (Å²) >= 11 is 1.21. The predicted octanol–water partition coefficient (Wildman–Crippen LogP) is 3.47. The van der Waals surface area contributed by atoms with E-state index < -0.39 is 23.8 Å². The Bertz CT molecular complexity index is 745. The molecule has 2 heterocycles. The van der Waals surface area contributed by atoms with Crippen molar-refractivity contribution in [2.24, 2.45) is 4.03 Å². The van der Waals surface area contributed by atoms with Crippen LogP contribution in [0.4, 0.5) is 0 Å². The molecule has 1 amide bonds. The zero-order valence-electron chi connectivity index (χ0n) is 14.1. The van der Waals surface area contributed by atoms with E-state index in [1.807, 2.05) is 13.1 Å². The average molecular weight is 361 g/mol. The fourth-order valence-corrected chi connectivity index (χ4v) is 8.94. The van der Waals surface area contributed by atoms with E-state index in [4.69, 9.17) is 0 Å². The zero-order chi connectivity index (χ0) is 17.1. The van der Waals surface area contributed by atoms with Gasteiger partial charge in [0.05, 0.1) is 11.2 Å². The van der Waals surface area contributed by atoms with E-state index >= 15 is 0 Å². The summed E-state index contributed by atoms with van der Waals surface area (Å²) in [6.07, 6.45) is 0. The molecule has 0 saturated heterocycles. The molecular formula is C14H24N2O3S2Si. The molecule has 1 aliphatic heterocycles. The zero-order valence-corrected chi connectivity index (χ0v) is 16.7. The summed E-state index contributed by atoms with van der Waals surface area (Å²) in [5.74, 6) is -0.366. The van der Waals surface area contributed by atoms with Gasteiger partial charge in [-0.2, -0.15) is 0 Å². The fourth-order valence-electron chi connectivity index (χ4n) is 1.79. The Morgan fingerprint density at radius 3 is 2.27 bits per heavy atom. The van der Waals surface area contributed by atoms with E-state index in [9.17, 15) is 14.1 Å². The number of aliphatic hydroxyl groups is 1. The van der Waals surface area contributed by atoms with Crippen LogP contribution < -0.4 is 4.72 Å². The van der Waals surface area contributed by atoms with Crippen molar-refractivity contribution in [2.45, 2.75) is 62.6 Å². The standard InChI is InChI=1S/C14H24N2O3S2Si/c1-13(2,3)22(6,7)16-21(19)12-9(11(17)15-21)8-10(20-12)14(4,5)18/h8,18H,1-7H3,(H,15,16,17,19). The monoisotopic (exact) mass is 360 g/mol. The Hall–Kier alpha value is -0.703. The molecule has 1 atom stereocenters. The molecular weight excluding hydrogens is 336 g/mol. The molecule has 0 spiro atoms. The number of nitrogens with one attached hydrogen (secondary N) is 1. The summed E-state index contributed by atoms with van der Waals surface area (Å²) in [5.41, 5.74) is -0.679. The molecule has 0 aromatic carbocycles. The summed E-state index contributed by atoms with van der Waals surface area (Å²) in [6.45, 7) is 13.7. The molecule has 1 aromatic rings. The van der Waals surface area contributed by atoms with Crippen LogP contribution in [0.1, 0.15) is 49.9 Å². The summed E-state index contributed by atoms with van der Waals surface area (Å²) in [6, 6.07) is 1.63. The second-order valence-corrected chi connectivity index (χ2v) is 16.1. The minimum absolute atomic E-state index is 0.0682. The topological polar surface area (TPSA) is 78.8 Å². The molecule has 124 valence electrons. The van der Waals surface area contributed by atoms with Crippen LogP contribution in [-0.2, 0) is 15.5 Å². The van der Waals surface area contributed by atoms with Crippen LogP contribution in [0.5, 0.6) is 0 Å². The number of hydrogen-bond donors (Lipinski definition) is 2. The van der Waals surface area contributed by atoms with Crippen LogP contribution >= 0.6 is 11.3 Å². The highest BCUT2D eigenvalue weighted by molar-refractivity contribution is 7.95. The van der Waals surface area contributed by atoms with Gasteiger partial charge in [-0.05, 0) is 38.0 Å². The number of amides is 1. The van der Waals surface area contributed by atoms with Crippen molar-refractivity contribution >= 4 is 35.4 Å². The Labute approximate surface area is 137 Å². The second-order valence-electron chi connectivity index (χ2n) is 7.73. The van der Waals surface area contributed by atoms with Crippen molar-refractivity contribution in [3.05, 3.63) is 16.5 Å². The number of hydrogen-bond acceptors (Lipinski definition) is 5. The predicted molar refractivity (Wildman–Crippen MR) is 93.1 cm³/mol. The minimum Gasteiger partial charge on any atom is -0.385 e. The summed E-state index contributed by atoms with van der Waals surface area (Å²) in [4.78, 5) is 12.8. The van der Waals surface area contributed by atoms with E-state index in [0.717, 1.165) is 0 Å². The SMILES string of the molecule is CC(C)(O)c1cc2c(s1)S(=O)(=N[Si](C)(C)C(C)(C)C)NC2=O. The van der Waals surface area contributed by atoms with Gasteiger partial charge in [0.2, 0.25) is 0 Å². The van der Waals surface area contributed by atoms with Crippen molar-refractivity contribution in [1.82, 2.24) is 4.72 Å². The highest BCUT2D eigenvalue weighted by atomic mass is 32.2. The third kappa shape index (κ3) is 2.89. The van der Waals surface area contributed by atoms with Gasteiger partial charge >= 0.3 is 0 Å². The molecule has 1 aliphatic rings. The maximum absolute atomic E-state index is 13.3. The normalized spacial score (nSPS) is 22.5. The van der Waals surface area contributed by atoms with Gasteiger partial charge in [-0.3, -0.25) is 13.5 Å². The number of nitrogens with zero attached hydrogens (tertiary/aromatic N) is 1. The van der Waals surface area contributed by atoms with E-state index in [1.165, 1.54) is 11.3 Å². The van der Waals surface area contributed by atoms with Gasteiger partial charge in [0.1, 0.15) is 4.21 Å². The number of thiophene rings is 1. The number of fused-ring (bicyclic) bond motifs is 1. The Morgan fingerprint density at radius 2 is 1.82 bits per heavy atom. The molecule has 8 heteroatoms. The van der Waals surface area contributed by atoms with Crippen molar-refractivity contribution in [2.75, 3.05) is 0 Å². The van der Waals surface area contributed by atoms with Gasteiger partial charge < -0.3 is 5.11 Å². The highest BCUT2D eigenvalue weighted by Crippen LogP contribution is 2.42. The van der Waals surface area contributed by atoms with Crippen LogP contribution in [-0.4, -0.2) is 23.5 Å². The Kier molecular flexibility index (Phi) is 3.93. The molecule has 22 heavy (non-hydrogen) atoms. The first-order chi connectivity index (χ1) is 9.67. The minimum atomic E-state index is -2.95. The van der Waals surface area contributed by atoms with Crippen molar-refractivity contribution in [3.63, 3.8) is 0 Å².